The van der Waals surface area contributed by atoms with Crippen LogP contribution in [0.4, 0.5) is 0 Å². The highest BCUT2D eigenvalue weighted by Crippen LogP contribution is 2.24. The number of ether oxygens (including phenoxy) is 1. The lowest BCUT2D eigenvalue weighted by Crippen LogP contribution is -2.37. The van der Waals surface area contributed by atoms with E-state index in [0.717, 1.165) is 12.8 Å². The fourth-order valence-electron chi connectivity index (χ4n) is 2.05. The van der Waals surface area contributed by atoms with Gasteiger partial charge >= 0.3 is 0 Å². The second-order valence-electron chi connectivity index (χ2n) is 4.45. The Hall–Kier alpha value is -0.340. The quantitative estimate of drug-likeness (QED) is 0.684. The Kier molecular flexibility index (Phi) is 4.63. The van der Waals surface area contributed by atoms with Crippen molar-refractivity contribution in [1.29, 1.82) is 0 Å². The van der Waals surface area contributed by atoms with Crippen molar-refractivity contribution < 1.29 is 4.74 Å². The molecule has 3 unspecified atom stereocenters. The van der Waals surface area contributed by atoms with E-state index in [-0.39, 0.29) is 0 Å². The molecule has 0 aromatic carbocycles. The van der Waals surface area contributed by atoms with E-state index in [1.54, 1.807) is 0 Å². The van der Waals surface area contributed by atoms with Crippen LogP contribution in [-0.4, -0.2) is 25.3 Å². The van der Waals surface area contributed by atoms with Gasteiger partial charge in [0.25, 0.3) is 0 Å². The minimum atomic E-state index is 0.411. The van der Waals surface area contributed by atoms with Gasteiger partial charge in [0, 0.05) is 6.04 Å². The normalized spacial score (nSPS) is 29.1. The molecule has 0 aromatic heterocycles. The summed E-state index contributed by atoms with van der Waals surface area (Å²) in [5, 5.41) is 3.35. The third-order valence-corrected chi connectivity index (χ3v) is 2.97. The predicted octanol–water partition coefficient (Wildman–Crippen LogP) is 2.50. The van der Waals surface area contributed by atoms with Gasteiger partial charge in [0.15, 0.2) is 0 Å². The number of nitrogens with one attached hydrogen (secondary N) is 1. The zero-order chi connectivity index (χ0) is 10.6. The molecule has 1 heterocycles. The Morgan fingerprint density at radius 1 is 1.57 bits per heavy atom. The first kappa shape index (κ1) is 11.7. The van der Waals surface area contributed by atoms with Crippen molar-refractivity contribution >= 4 is 0 Å². The second-order valence-corrected chi connectivity index (χ2v) is 4.45. The monoisotopic (exact) mass is 197 g/mol. The molecule has 2 heteroatoms. The molecule has 0 amide bonds. The van der Waals surface area contributed by atoms with E-state index in [9.17, 15) is 0 Å². The molecule has 0 saturated carbocycles. The average Bonchev–Trinajstić information content (AvgIpc) is 2.53. The van der Waals surface area contributed by atoms with Crippen molar-refractivity contribution in [3.05, 3.63) is 12.2 Å². The maximum atomic E-state index is 5.85. The fourth-order valence-corrected chi connectivity index (χ4v) is 2.05. The van der Waals surface area contributed by atoms with E-state index in [2.05, 4.69) is 25.7 Å². The third-order valence-electron chi connectivity index (χ3n) is 2.97. The van der Waals surface area contributed by atoms with Gasteiger partial charge in [-0.15, -0.1) is 6.58 Å². The van der Waals surface area contributed by atoms with Gasteiger partial charge in [0.05, 0.1) is 12.2 Å². The van der Waals surface area contributed by atoms with Crippen LogP contribution in [0.2, 0.25) is 0 Å². The third kappa shape index (κ3) is 3.43. The summed E-state index contributed by atoms with van der Waals surface area (Å²) < 4.78 is 5.85. The average molecular weight is 197 g/mol. The van der Waals surface area contributed by atoms with Gasteiger partial charge in [-0.05, 0) is 46.6 Å². The summed E-state index contributed by atoms with van der Waals surface area (Å²) in [6.07, 6.45) is 5.50. The number of hydrogen-bond acceptors (Lipinski definition) is 2. The van der Waals surface area contributed by atoms with Gasteiger partial charge in [-0.25, -0.2) is 0 Å². The van der Waals surface area contributed by atoms with Crippen LogP contribution >= 0.6 is 0 Å². The molecule has 1 aliphatic heterocycles. The molecular weight excluding hydrogens is 174 g/mol. The van der Waals surface area contributed by atoms with Crippen molar-refractivity contribution in [2.45, 2.75) is 57.8 Å². The van der Waals surface area contributed by atoms with Crippen LogP contribution < -0.4 is 5.32 Å². The van der Waals surface area contributed by atoms with E-state index >= 15 is 0 Å². The molecule has 3 atom stereocenters. The van der Waals surface area contributed by atoms with Gasteiger partial charge < -0.3 is 10.1 Å². The SMILES string of the molecule is C=C(C)CCC(NC)C1CCC(C)O1. The summed E-state index contributed by atoms with van der Waals surface area (Å²) in [6, 6.07) is 0.497. The van der Waals surface area contributed by atoms with Crippen LogP contribution in [0, 0.1) is 0 Å². The smallest absolute Gasteiger partial charge is 0.0732 e. The van der Waals surface area contributed by atoms with Gasteiger partial charge in [0.1, 0.15) is 0 Å². The van der Waals surface area contributed by atoms with Gasteiger partial charge in [0.2, 0.25) is 0 Å². The molecule has 1 N–H and O–H groups in total. The molecule has 1 rings (SSSR count). The van der Waals surface area contributed by atoms with Gasteiger partial charge in [-0.2, -0.15) is 0 Å². The molecule has 1 saturated heterocycles. The van der Waals surface area contributed by atoms with E-state index in [0.29, 0.717) is 18.2 Å². The van der Waals surface area contributed by atoms with Gasteiger partial charge in [-0.3, -0.25) is 0 Å². The Balaban J connectivity index is 2.34. The zero-order valence-corrected chi connectivity index (χ0v) is 9.68. The lowest BCUT2D eigenvalue weighted by atomic mass is 10.0. The van der Waals surface area contributed by atoms with Crippen LogP contribution in [0.1, 0.15) is 39.5 Å². The summed E-state index contributed by atoms with van der Waals surface area (Å²) in [4.78, 5) is 0. The maximum absolute atomic E-state index is 5.85. The molecule has 82 valence electrons. The molecule has 1 aliphatic rings. The van der Waals surface area contributed by atoms with Crippen molar-refractivity contribution in [2.75, 3.05) is 7.05 Å². The predicted molar refractivity (Wildman–Crippen MR) is 60.5 cm³/mol. The van der Waals surface area contributed by atoms with E-state index < -0.39 is 0 Å². The molecular formula is C12H23NO. The van der Waals surface area contributed by atoms with Crippen molar-refractivity contribution in [3.8, 4) is 0 Å². The Labute approximate surface area is 87.7 Å². The van der Waals surface area contributed by atoms with Crippen LogP contribution in [-0.2, 0) is 4.74 Å². The van der Waals surface area contributed by atoms with E-state index in [1.165, 1.54) is 18.4 Å². The van der Waals surface area contributed by atoms with Crippen molar-refractivity contribution in [2.24, 2.45) is 0 Å². The largest absolute Gasteiger partial charge is 0.374 e. The Bertz CT molecular complexity index is 191. The number of rotatable bonds is 5. The lowest BCUT2D eigenvalue weighted by Gasteiger charge is -2.23. The summed E-state index contributed by atoms with van der Waals surface area (Å²) in [6.45, 7) is 8.18. The summed E-state index contributed by atoms with van der Waals surface area (Å²) in [5.74, 6) is 0. The molecule has 2 nitrogen and oxygen atoms in total. The molecule has 0 spiro atoms. The van der Waals surface area contributed by atoms with Crippen LogP contribution in [0.25, 0.3) is 0 Å². The molecule has 0 aromatic rings. The molecule has 1 fully saturated rings. The van der Waals surface area contributed by atoms with Crippen molar-refractivity contribution in [3.63, 3.8) is 0 Å². The molecule has 0 bridgehead atoms. The first-order valence-electron chi connectivity index (χ1n) is 5.60. The Morgan fingerprint density at radius 3 is 2.71 bits per heavy atom. The number of allylic oxidation sites excluding steroid dienone is 1. The standard InChI is InChI=1S/C12H23NO/c1-9(2)5-7-11(13-4)12-8-6-10(3)14-12/h10-13H,1,5-8H2,2-4H3. The lowest BCUT2D eigenvalue weighted by molar-refractivity contribution is 0.0319. The first-order valence-corrected chi connectivity index (χ1v) is 5.60. The summed E-state index contributed by atoms with van der Waals surface area (Å²) >= 11 is 0. The fraction of sp³-hybridized carbons (Fsp3) is 0.833. The molecule has 0 radical (unpaired) electrons. The van der Waals surface area contributed by atoms with Crippen LogP contribution in [0.5, 0.6) is 0 Å². The topological polar surface area (TPSA) is 21.3 Å². The van der Waals surface area contributed by atoms with Gasteiger partial charge in [-0.1, -0.05) is 5.57 Å². The molecule has 14 heavy (non-hydrogen) atoms. The highest BCUT2D eigenvalue weighted by atomic mass is 16.5. The summed E-state index contributed by atoms with van der Waals surface area (Å²) in [7, 11) is 2.02. The highest BCUT2D eigenvalue weighted by Gasteiger charge is 2.28. The van der Waals surface area contributed by atoms with Crippen LogP contribution in [0.3, 0.4) is 0 Å². The highest BCUT2D eigenvalue weighted by molar-refractivity contribution is 4.91. The van der Waals surface area contributed by atoms with Crippen molar-refractivity contribution in [1.82, 2.24) is 5.32 Å². The maximum Gasteiger partial charge on any atom is 0.0732 e. The van der Waals surface area contributed by atoms with E-state index in [1.807, 2.05) is 7.05 Å². The minimum absolute atomic E-state index is 0.411. The first-order chi connectivity index (χ1) is 6.63. The summed E-state index contributed by atoms with van der Waals surface area (Å²) in [5.41, 5.74) is 1.26. The Morgan fingerprint density at radius 2 is 2.29 bits per heavy atom. The number of hydrogen-bond donors (Lipinski definition) is 1. The molecule has 0 aliphatic carbocycles. The zero-order valence-electron chi connectivity index (χ0n) is 9.68. The second kappa shape index (κ2) is 5.52. The number of likely N-dealkylation sites (N-methyl/N-ethyl adjacent to an activating group) is 1. The van der Waals surface area contributed by atoms with E-state index in [4.69, 9.17) is 4.74 Å². The minimum Gasteiger partial charge on any atom is -0.374 e. The van der Waals surface area contributed by atoms with Crippen LogP contribution in [0.15, 0.2) is 12.2 Å².